The van der Waals surface area contributed by atoms with Crippen LogP contribution in [0.4, 0.5) is 5.69 Å². The van der Waals surface area contributed by atoms with Crippen molar-refractivity contribution in [1.82, 2.24) is 5.43 Å². The lowest BCUT2D eigenvalue weighted by Crippen LogP contribution is -2.19. The summed E-state index contributed by atoms with van der Waals surface area (Å²) in [5.74, 6) is 0.944. The molecule has 0 radical (unpaired) electrons. The molecule has 0 aliphatic rings. The van der Waals surface area contributed by atoms with Gasteiger partial charge in [-0.2, -0.15) is 5.10 Å². The minimum atomic E-state index is -0.221. The van der Waals surface area contributed by atoms with Gasteiger partial charge >= 0.3 is 0 Å². The SMILES string of the molecule is COc1cccc(/C=N\NC(=O)Cc2ccc(N)cc2)c1OCc1cccc(C)c1. The first-order valence-electron chi connectivity index (χ1n) is 9.57. The summed E-state index contributed by atoms with van der Waals surface area (Å²) in [5, 5.41) is 4.08. The summed E-state index contributed by atoms with van der Waals surface area (Å²) in [6.45, 7) is 2.43. The number of amides is 1. The summed E-state index contributed by atoms with van der Waals surface area (Å²) < 4.78 is 11.5. The van der Waals surface area contributed by atoms with Crippen LogP contribution in [0.2, 0.25) is 0 Å². The molecule has 6 heteroatoms. The van der Waals surface area contributed by atoms with Crippen molar-refractivity contribution in [2.75, 3.05) is 12.8 Å². The van der Waals surface area contributed by atoms with Gasteiger partial charge < -0.3 is 15.2 Å². The lowest BCUT2D eigenvalue weighted by Gasteiger charge is -2.13. The average Bonchev–Trinajstić information content (AvgIpc) is 2.74. The molecule has 0 aliphatic carbocycles. The van der Waals surface area contributed by atoms with Crippen LogP contribution in [0.3, 0.4) is 0 Å². The van der Waals surface area contributed by atoms with E-state index in [4.69, 9.17) is 15.2 Å². The van der Waals surface area contributed by atoms with E-state index in [0.29, 0.717) is 29.4 Å². The summed E-state index contributed by atoms with van der Waals surface area (Å²) in [6.07, 6.45) is 1.77. The van der Waals surface area contributed by atoms with E-state index >= 15 is 0 Å². The number of nitrogens with one attached hydrogen (secondary N) is 1. The van der Waals surface area contributed by atoms with Crippen molar-refractivity contribution < 1.29 is 14.3 Å². The van der Waals surface area contributed by atoms with Gasteiger partial charge in [-0.15, -0.1) is 0 Å². The predicted molar refractivity (Wildman–Crippen MR) is 119 cm³/mol. The number of carbonyl (C=O) groups excluding carboxylic acids is 1. The second-order valence-corrected chi connectivity index (χ2v) is 6.87. The number of nitrogen functional groups attached to an aromatic ring is 1. The molecule has 30 heavy (non-hydrogen) atoms. The molecule has 6 nitrogen and oxygen atoms in total. The molecule has 0 bridgehead atoms. The first kappa shape index (κ1) is 20.9. The van der Waals surface area contributed by atoms with Crippen LogP contribution >= 0.6 is 0 Å². The quantitative estimate of drug-likeness (QED) is 0.340. The Morgan fingerprint density at radius 1 is 1.07 bits per heavy atom. The third kappa shape index (κ3) is 5.85. The summed E-state index contributed by atoms with van der Waals surface area (Å²) in [4.78, 5) is 12.1. The maximum Gasteiger partial charge on any atom is 0.244 e. The molecule has 0 unspecified atom stereocenters. The van der Waals surface area contributed by atoms with Crippen LogP contribution in [0.5, 0.6) is 11.5 Å². The van der Waals surface area contributed by atoms with Crippen molar-refractivity contribution in [1.29, 1.82) is 0 Å². The molecule has 0 spiro atoms. The highest BCUT2D eigenvalue weighted by atomic mass is 16.5. The lowest BCUT2D eigenvalue weighted by atomic mass is 10.1. The number of anilines is 1. The smallest absolute Gasteiger partial charge is 0.244 e. The standard InChI is InChI=1S/C24H25N3O3/c1-17-5-3-6-19(13-17)16-30-24-20(7-4-8-22(24)29-2)15-26-27-23(28)14-18-9-11-21(25)12-10-18/h3-13,15H,14,16,25H2,1-2H3,(H,27,28)/b26-15-. The van der Waals surface area contributed by atoms with Crippen LogP contribution in [0.25, 0.3) is 0 Å². The monoisotopic (exact) mass is 403 g/mol. The third-order valence-electron chi connectivity index (χ3n) is 4.43. The molecule has 1 amide bonds. The number of para-hydroxylation sites is 1. The van der Waals surface area contributed by atoms with Crippen LogP contribution in [0, 0.1) is 6.92 Å². The van der Waals surface area contributed by atoms with Crippen LogP contribution in [-0.4, -0.2) is 19.2 Å². The predicted octanol–water partition coefficient (Wildman–Crippen LogP) is 3.86. The van der Waals surface area contributed by atoms with E-state index in [-0.39, 0.29) is 12.3 Å². The van der Waals surface area contributed by atoms with E-state index in [0.717, 1.165) is 11.1 Å². The Hall–Kier alpha value is -3.80. The lowest BCUT2D eigenvalue weighted by molar-refractivity contribution is -0.120. The van der Waals surface area contributed by atoms with E-state index in [9.17, 15) is 4.79 Å². The van der Waals surface area contributed by atoms with Crippen molar-refractivity contribution in [2.45, 2.75) is 20.0 Å². The molecule has 3 aromatic carbocycles. The van der Waals surface area contributed by atoms with Crippen molar-refractivity contribution >= 4 is 17.8 Å². The fourth-order valence-electron chi connectivity index (χ4n) is 2.94. The molecular weight excluding hydrogens is 378 g/mol. The first-order chi connectivity index (χ1) is 14.5. The number of aryl methyl sites for hydroxylation is 1. The Balaban J connectivity index is 1.67. The Morgan fingerprint density at radius 3 is 2.57 bits per heavy atom. The normalized spacial score (nSPS) is 10.7. The van der Waals surface area contributed by atoms with Gasteiger partial charge in [-0.1, -0.05) is 48.0 Å². The second kappa shape index (κ2) is 10.1. The van der Waals surface area contributed by atoms with E-state index < -0.39 is 0 Å². The van der Waals surface area contributed by atoms with Crippen molar-refractivity contribution in [3.63, 3.8) is 0 Å². The number of ether oxygens (including phenoxy) is 2. The molecule has 0 saturated heterocycles. The van der Waals surface area contributed by atoms with Gasteiger partial charge in [0.25, 0.3) is 0 Å². The van der Waals surface area contributed by atoms with Gasteiger partial charge in [-0.3, -0.25) is 4.79 Å². The van der Waals surface area contributed by atoms with Crippen LogP contribution < -0.4 is 20.6 Å². The van der Waals surface area contributed by atoms with Gasteiger partial charge in [-0.25, -0.2) is 5.43 Å². The highest BCUT2D eigenvalue weighted by Gasteiger charge is 2.10. The Morgan fingerprint density at radius 2 is 1.83 bits per heavy atom. The molecule has 0 atom stereocenters. The molecule has 0 aliphatic heterocycles. The summed E-state index contributed by atoms with van der Waals surface area (Å²) in [6, 6.07) is 20.8. The molecule has 3 aromatic rings. The van der Waals surface area contributed by atoms with Crippen molar-refractivity contribution in [3.8, 4) is 11.5 Å². The number of hydrogen-bond acceptors (Lipinski definition) is 5. The number of hydrazone groups is 1. The number of nitrogens with zero attached hydrogens (tertiary/aromatic N) is 1. The van der Waals surface area contributed by atoms with Gasteiger partial charge in [0, 0.05) is 11.3 Å². The molecule has 0 saturated carbocycles. The highest BCUT2D eigenvalue weighted by molar-refractivity contribution is 5.86. The van der Waals surface area contributed by atoms with Gasteiger partial charge in [-0.05, 0) is 42.3 Å². The first-order valence-corrected chi connectivity index (χ1v) is 9.57. The zero-order valence-electron chi connectivity index (χ0n) is 17.1. The minimum absolute atomic E-state index is 0.215. The fraction of sp³-hybridized carbons (Fsp3) is 0.167. The topological polar surface area (TPSA) is 85.9 Å². The van der Waals surface area contributed by atoms with Crippen LogP contribution in [0.15, 0.2) is 71.8 Å². The van der Waals surface area contributed by atoms with E-state index in [2.05, 4.69) is 16.6 Å². The van der Waals surface area contributed by atoms with Gasteiger partial charge in [0.2, 0.25) is 5.91 Å². The Bertz CT molecular complexity index is 1030. The van der Waals surface area contributed by atoms with Crippen LogP contribution in [0.1, 0.15) is 22.3 Å². The van der Waals surface area contributed by atoms with Gasteiger partial charge in [0.1, 0.15) is 6.61 Å². The zero-order valence-corrected chi connectivity index (χ0v) is 17.1. The van der Waals surface area contributed by atoms with E-state index in [1.807, 2.05) is 55.5 Å². The molecule has 0 aromatic heterocycles. The fourth-order valence-corrected chi connectivity index (χ4v) is 2.94. The Labute approximate surface area is 176 Å². The van der Waals surface area contributed by atoms with Crippen LogP contribution in [-0.2, 0) is 17.8 Å². The largest absolute Gasteiger partial charge is 0.493 e. The third-order valence-corrected chi connectivity index (χ3v) is 4.43. The van der Waals surface area contributed by atoms with E-state index in [1.54, 1.807) is 25.5 Å². The number of methoxy groups -OCH3 is 1. The van der Waals surface area contributed by atoms with Crippen molar-refractivity contribution in [3.05, 3.63) is 89.0 Å². The number of carbonyl (C=O) groups is 1. The summed E-state index contributed by atoms with van der Waals surface area (Å²) >= 11 is 0. The zero-order chi connectivity index (χ0) is 21.3. The molecule has 0 fully saturated rings. The maximum absolute atomic E-state index is 12.1. The number of hydrogen-bond donors (Lipinski definition) is 2. The highest BCUT2D eigenvalue weighted by Crippen LogP contribution is 2.30. The number of rotatable bonds is 8. The molecule has 154 valence electrons. The summed E-state index contributed by atoms with van der Waals surface area (Å²) in [5.41, 5.74) is 12.7. The minimum Gasteiger partial charge on any atom is -0.493 e. The molecule has 3 rings (SSSR count). The van der Waals surface area contributed by atoms with Gasteiger partial charge in [0.15, 0.2) is 11.5 Å². The second-order valence-electron chi connectivity index (χ2n) is 6.87. The number of nitrogens with two attached hydrogens (primary N) is 1. The molecular formula is C24H25N3O3. The average molecular weight is 403 g/mol. The molecule has 3 N–H and O–H groups in total. The van der Waals surface area contributed by atoms with Crippen molar-refractivity contribution in [2.24, 2.45) is 5.10 Å². The Kier molecular flexibility index (Phi) is 7.05. The summed E-state index contributed by atoms with van der Waals surface area (Å²) in [7, 11) is 1.59. The van der Waals surface area contributed by atoms with E-state index in [1.165, 1.54) is 5.56 Å². The molecule has 0 heterocycles. The van der Waals surface area contributed by atoms with Gasteiger partial charge in [0.05, 0.1) is 19.7 Å². The maximum atomic E-state index is 12.1. The number of benzene rings is 3.